The highest BCUT2D eigenvalue weighted by Gasteiger charge is 2.30. The second-order valence-corrected chi connectivity index (χ2v) is 5.35. The summed E-state index contributed by atoms with van der Waals surface area (Å²) in [5.41, 5.74) is 2.15. The maximum atomic E-state index is 12.5. The normalized spacial score (nSPS) is 16.4. The molecule has 6 nitrogen and oxygen atoms in total. The zero-order valence-electron chi connectivity index (χ0n) is 11.9. The van der Waals surface area contributed by atoms with Crippen molar-refractivity contribution >= 4 is 17.4 Å². The van der Waals surface area contributed by atoms with Crippen molar-refractivity contribution in [2.45, 2.75) is 19.4 Å². The van der Waals surface area contributed by atoms with E-state index < -0.39 is 17.2 Å². The molecule has 2 aromatic carbocycles. The maximum Gasteiger partial charge on any atom is 0.326 e. The van der Waals surface area contributed by atoms with Crippen molar-refractivity contribution in [3.05, 3.63) is 42.0 Å². The SMILES string of the molecule is CC1Cc2ccccc2N1C(=O)Nc1cc(O)c(O)c(O)c1. The Bertz CT molecular complexity index is 722. The summed E-state index contributed by atoms with van der Waals surface area (Å²) < 4.78 is 0. The van der Waals surface area contributed by atoms with Gasteiger partial charge in [0, 0.05) is 23.9 Å². The Kier molecular flexibility index (Phi) is 3.29. The van der Waals surface area contributed by atoms with Crippen LogP contribution >= 0.6 is 0 Å². The van der Waals surface area contributed by atoms with Gasteiger partial charge in [0.05, 0.1) is 5.69 Å². The zero-order valence-corrected chi connectivity index (χ0v) is 11.9. The van der Waals surface area contributed by atoms with Crippen LogP contribution in [0.15, 0.2) is 36.4 Å². The van der Waals surface area contributed by atoms with Gasteiger partial charge in [0.2, 0.25) is 0 Å². The molecule has 6 heteroatoms. The van der Waals surface area contributed by atoms with Gasteiger partial charge < -0.3 is 20.6 Å². The molecule has 0 aliphatic carbocycles. The number of carbonyl (C=O) groups excluding carboxylic acids is 1. The predicted octanol–water partition coefficient (Wildman–Crippen LogP) is 2.79. The van der Waals surface area contributed by atoms with Crippen LogP contribution in [-0.2, 0) is 6.42 Å². The molecule has 114 valence electrons. The number of para-hydroxylation sites is 1. The minimum absolute atomic E-state index is 0.0108. The van der Waals surface area contributed by atoms with Gasteiger partial charge >= 0.3 is 6.03 Å². The molecule has 0 spiro atoms. The molecule has 0 saturated carbocycles. The molecule has 2 aromatic rings. The van der Waals surface area contributed by atoms with Gasteiger partial charge in [-0.1, -0.05) is 18.2 Å². The molecule has 0 aromatic heterocycles. The van der Waals surface area contributed by atoms with Crippen molar-refractivity contribution in [1.82, 2.24) is 0 Å². The van der Waals surface area contributed by atoms with E-state index in [9.17, 15) is 20.1 Å². The van der Waals surface area contributed by atoms with Gasteiger partial charge in [-0.25, -0.2) is 4.79 Å². The Morgan fingerprint density at radius 1 is 1.18 bits per heavy atom. The largest absolute Gasteiger partial charge is 0.504 e. The first-order valence-corrected chi connectivity index (χ1v) is 6.90. The van der Waals surface area contributed by atoms with E-state index in [0.717, 1.165) is 17.7 Å². The number of rotatable bonds is 1. The Balaban J connectivity index is 1.86. The van der Waals surface area contributed by atoms with Gasteiger partial charge in [-0.05, 0) is 25.0 Å². The Labute approximate surface area is 127 Å². The van der Waals surface area contributed by atoms with Crippen molar-refractivity contribution in [3.8, 4) is 17.2 Å². The summed E-state index contributed by atoms with van der Waals surface area (Å²) in [5, 5.41) is 30.9. The summed E-state index contributed by atoms with van der Waals surface area (Å²) in [4.78, 5) is 14.1. The summed E-state index contributed by atoms with van der Waals surface area (Å²) in [5.74, 6) is -1.60. The number of amides is 2. The molecule has 1 atom stereocenters. The van der Waals surface area contributed by atoms with E-state index in [0.29, 0.717) is 0 Å². The van der Waals surface area contributed by atoms with Crippen LogP contribution in [0.4, 0.5) is 16.2 Å². The van der Waals surface area contributed by atoms with Crippen LogP contribution in [0.25, 0.3) is 0 Å². The van der Waals surface area contributed by atoms with Gasteiger partial charge in [-0.2, -0.15) is 0 Å². The summed E-state index contributed by atoms with van der Waals surface area (Å²) in [6.45, 7) is 1.95. The van der Waals surface area contributed by atoms with Crippen molar-refractivity contribution < 1.29 is 20.1 Å². The second kappa shape index (κ2) is 5.14. The summed E-state index contributed by atoms with van der Waals surface area (Å²) in [7, 11) is 0. The van der Waals surface area contributed by atoms with Crippen LogP contribution in [0.3, 0.4) is 0 Å². The number of benzene rings is 2. The highest BCUT2D eigenvalue weighted by molar-refractivity contribution is 6.03. The molecule has 1 heterocycles. The lowest BCUT2D eigenvalue weighted by Crippen LogP contribution is -2.39. The van der Waals surface area contributed by atoms with Crippen LogP contribution in [0.2, 0.25) is 0 Å². The number of nitrogens with one attached hydrogen (secondary N) is 1. The van der Waals surface area contributed by atoms with E-state index in [-0.39, 0.29) is 17.8 Å². The van der Waals surface area contributed by atoms with E-state index in [1.807, 2.05) is 31.2 Å². The molecular formula is C16H16N2O4. The summed E-state index contributed by atoms with van der Waals surface area (Å²) >= 11 is 0. The maximum absolute atomic E-state index is 12.5. The van der Waals surface area contributed by atoms with Crippen LogP contribution in [-0.4, -0.2) is 27.4 Å². The third-order valence-electron chi connectivity index (χ3n) is 3.75. The van der Waals surface area contributed by atoms with Crippen LogP contribution in [0, 0.1) is 0 Å². The van der Waals surface area contributed by atoms with Gasteiger partial charge in [0.25, 0.3) is 0 Å². The Morgan fingerprint density at radius 2 is 1.82 bits per heavy atom. The number of nitrogens with zero attached hydrogens (tertiary/aromatic N) is 1. The first-order chi connectivity index (χ1) is 10.5. The lowest BCUT2D eigenvalue weighted by Gasteiger charge is -2.23. The summed E-state index contributed by atoms with van der Waals surface area (Å²) in [6, 6.07) is 9.68. The number of fused-ring (bicyclic) bond motifs is 1. The molecule has 1 aliphatic rings. The quantitative estimate of drug-likeness (QED) is 0.481. The molecule has 22 heavy (non-hydrogen) atoms. The standard InChI is InChI=1S/C16H16N2O4/c1-9-6-10-4-2-3-5-12(10)18(9)16(22)17-11-7-13(19)15(21)14(20)8-11/h2-5,7-9,19-21H,6H2,1H3,(H,17,22). The molecule has 3 rings (SSSR count). The van der Waals surface area contributed by atoms with E-state index in [4.69, 9.17) is 0 Å². The number of aromatic hydroxyl groups is 3. The molecule has 1 aliphatic heterocycles. The minimum Gasteiger partial charge on any atom is -0.504 e. The molecule has 0 saturated heterocycles. The number of urea groups is 1. The third kappa shape index (κ3) is 2.28. The topological polar surface area (TPSA) is 93.0 Å². The fourth-order valence-corrected chi connectivity index (χ4v) is 2.74. The van der Waals surface area contributed by atoms with Crippen molar-refractivity contribution in [1.29, 1.82) is 0 Å². The number of hydrogen-bond acceptors (Lipinski definition) is 4. The molecule has 0 bridgehead atoms. The molecule has 1 unspecified atom stereocenters. The van der Waals surface area contributed by atoms with E-state index >= 15 is 0 Å². The van der Waals surface area contributed by atoms with Crippen molar-refractivity contribution in [2.75, 3.05) is 10.2 Å². The molecule has 2 amide bonds. The first kappa shape index (κ1) is 14.1. The first-order valence-electron chi connectivity index (χ1n) is 6.90. The number of hydrogen-bond donors (Lipinski definition) is 4. The fourth-order valence-electron chi connectivity index (χ4n) is 2.74. The molecule has 4 N–H and O–H groups in total. The highest BCUT2D eigenvalue weighted by Crippen LogP contribution is 2.38. The van der Waals surface area contributed by atoms with Crippen LogP contribution < -0.4 is 10.2 Å². The zero-order chi connectivity index (χ0) is 15.9. The van der Waals surface area contributed by atoms with Gasteiger partial charge in [-0.3, -0.25) is 4.90 Å². The predicted molar refractivity (Wildman–Crippen MR) is 82.5 cm³/mol. The van der Waals surface area contributed by atoms with Gasteiger partial charge in [0.1, 0.15) is 0 Å². The lowest BCUT2D eigenvalue weighted by molar-refractivity contribution is 0.256. The third-order valence-corrected chi connectivity index (χ3v) is 3.75. The smallest absolute Gasteiger partial charge is 0.326 e. The average molecular weight is 300 g/mol. The number of carbonyl (C=O) groups is 1. The molecule has 0 fully saturated rings. The van der Waals surface area contributed by atoms with Gasteiger partial charge in [0.15, 0.2) is 17.2 Å². The van der Waals surface area contributed by atoms with E-state index in [1.165, 1.54) is 12.1 Å². The Morgan fingerprint density at radius 3 is 2.50 bits per heavy atom. The number of anilines is 2. The average Bonchev–Trinajstić information content (AvgIpc) is 2.80. The summed E-state index contributed by atoms with van der Waals surface area (Å²) in [6.07, 6.45) is 0.773. The van der Waals surface area contributed by atoms with E-state index in [1.54, 1.807) is 4.90 Å². The van der Waals surface area contributed by atoms with Crippen molar-refractivity contribution in [2.24, 2.45) is 0 Å². The van der Waals surface area contributed by atoms with Gasteiger partial charge in [-0.15, -0.1) is 0 Å². The minimum atomic E-state index is -0.613. The monoisotopic (exact) mass is 300 g/mol. The highest BCUT2D eigenvalue weighted by atomic mass is 16.3. The lowest BCUT2D eigenvalue weighted by atomic mass is 10.1. The van der Waals surface area contributed by atoms with Crippen molar-refractivity contribution in [3.63, 3.8) is 0 Å². The Hall–Kier alpha value is -2.89. The van der Waals surface area contributed by atoms with E-state index in [2.05, 4.69) is 5.32 Å². The second-order valence-electron chi connectivity index (χ2n) is 5.35. The number of phenols is 3. The van der Waals surface area contributed by atoms with Crippen LogP contribution in [0.1, 0.15) is 12.5 Å². The molecule has 0 radical (unpaired) electrons. The van der Waals surface area contributed by atoms with Crippen LogP contribution in [0.5, 0.6) is 17.2 Å². The number of phenolic OH excluding ortho intramolecular Hbond substituents is 3. The fraction of sp³-hybridized carbons (Fsp3) is 0.188. The molecular weight excluding hydrogens is 284 g/mol.